The number of aliphatic hydroxyl groups excluding tert-OH is 1. The molecule has 19 heavy (non-hydrogen) atoms. The van der Waals surface area contributed by atoms with E-state index in [9.17, 15) is 4.79 Å². The summed E-state index contributed by atoms with van der Waals surface area (Å²) < 4.78 is 0. The predicted molar refractivity (Wildman–Crippen MR) is 79.2 cm³/mol. The molecule has 1 atom stereocenters. The first-order valence-electron chi connectivity index (χ1n) is 6.29. The van der Waals surface area contributed by atoms with Crippen molar-refractivity contribution in [2.45, 2.75) is 13.3 Å². The summed E-state index contributed by atoms with van der Waals surface area (Å²) in [5, 5.41) is 11.7. The standard InChI is InChI=1S/C15H17NO2S/c1-11-7-12(3-2-5-17)9-14(8-11)16-15(18)13-4-6-19-10-13/h7-9,13,17H,4-6,10H2,1H3,(H,16,18). The molecule has 4 heteroatoms. The maximum atomic E-state index is 12.1. The van der Waals surface area contributed by atoms with Crippen molar-refractivity contribution >= 4 is 23.4 Å². The molecule has 1 saturated heterocycles. The Morgan fingerprint density at radius 3 is 3.05 bits per heavy atom. The highest BCUT2D eigenvalue weighted by molar-refractivity contribution is 7.99. The average Bonchev–Trinajstić information content (AvgIpc) is 2.89. The Hall–Kier alpha value is -1.44. The summed E-state index contributed by atoms with van der Waals surface area (Å²) in [6.07, 6.45) is 0.958. The number of benzene rings is 1. The van der Waals surface area contributed by atoms with Gasteiger partial charge in [-0.1, -0.05) is 11.8 Å². The highest BCUT2D eigenvalue weighted by atomic mass is 32.2. The summed E-state index contributed by atoms with van der Waals surface area (Å²) in [6.45, 7) is 1.81. The molecule has 2 rings (SSSR count). The molecule has 0 bridgehead atoms. The van der Waals surface area contributed by atoms with Gasteiger partial charge in [0.15, 0.2) is 0 Å². The van der Waals surface area contributed by atoms with E-state index < -0.39 is 0 Å². The Balaban J connectivity index is 2.10. The molecule has 0 spiro atoms. The van der Waals surface area contributed by atoms with Crippen LogP contribution >= 0.6 is 11.8 Å². The van der Waals surface area contributed by atoms with Gasteiger partial charge in [-0.2, -0.15) is 11.8 Å². The topological polar surface area (TPSA) is 49.3 Å². The lowest BCUT2D eigenvalue weighted by molar-refractivity contribution is -0.119. The number of hydrogen-bond donors (Lipinski definition) is 2. The molecule has 3 nitrogen and oxygen atoms in total. The zero-order valence-electron chi connectivity index (χ0n) is 10.9. The third-order valence-electron chi connectivity index (χ3n) is 2.96. The van der Waals surface area contributed by atoms with Crippen LogP contribution in [0.5, 0.6) is 0 Å². The molecule has 1 heterocycles. The molecular formula is C15H17NO2S. The number of carbonyl (C=O) groups excluding carboxylic acids is 1. The van der Waals surface area contributed by atoms with Gasteiger partial charge in [-0.25, -0.2) is 0 Å². The summed E-state index contributed by atoms with van der Waals surface area (Å²) in [6, 6.07) is 5.71. The van der Waals surface area contributed by atoms with Crippen LogP contribution in [-0.4, -0.2) is 29.1 Å². The van der Waals surface area contributed by atoms with E-state index in [0.29, 0.717) is 0 Å². The molecule has 1 aliphatic rings. The van der Waals surface area contributed by atoms with E-state index >= 15 is 0 Å². The van der Waals surface area contributed by atoms with Crippen LogP contribution in [0.1, 0.15) is 17.5 Å². The lowest BCUT2D eigenvalue weighted by Gasteiger charge is -2.11. The second-order valence-electron chi connectivity index (χ2n) is 4.60. The summed E-state index contributed by atoms with van der Waals surface area (Å²) in [4.78, 5) is 12.1. The van der Waals surface area contributed by atoms with Gasteiger partial charge in [0, 0.05) is 22.9 Å². The number of rotatable bonds is 2. The van der Waals surface area contributed by atoms with Crippen molar-refractivity contribution in [3.8, 4) is 11.8 Å². The number of amides is 1. The van der Waals surface area contributed by atoms with Crippen LogP contribution in [0, 0.1) is 24.7 Å². The van der Waals surface area contributed by atoms with Crippen molar-refractivity contribution in [1.82, 2.24) is 0 Å². The summed E-state index contributed by atoms with van der Waals surface area (Å²) in [5.41, 5.74) is 2.63. The molecule has 1 aromatic rings. The smallest absolute Gasteiger partial charge is 0.228 e. The Labute approximate surface area is 117 Å². The minimum atomic E-state index is -0.158. The van der Waals surface area contributed by atoms with Crippen LogP contribution in [0.25, 0.3) is 0 Å². The van der Waals surface area contributed by atoms with Gasteiger partial charge in [0.25, 0.3) is 0 Å². The highest BCUT2D eigenvalue weighted by Gasteiger charge is 2.23. The number of carbonyl (C=O) groups is 1. The number of aliphatic hydroxyl groups is 1. The lowest BCUT2D eigenvalue weighted by atomic mass is 10.1. The van der Waals surface area contributed by atoms with Gasteiger partial charge in [0.05, 0.1) is 0 Å². The normalized spacial score (nSPS) is 17.7. The first-order chi connectivity index (χ1) is 9.19. The molecule has 1 aliphatic heterocycles. The van der Waals surface area contributed by atoms with Crippen LogP contribution in [0.3, 0.4) is 0 Å². The Kier molecular flexibility index (Phi) is 4.89. The first kappa shape index (κ1) is 14.0. The number of hydrogen-bond acceptors (Lipinski definition) is 3. The number of thioether (sulfide) groups is 1. The fourth-order valence-electron chi connectivity index (χ4n) is 2.05. The van der Waals surface area contributed by atoms with Crippen LogP contribution in [0.4, 0.5) is 5.69 Å². The molecule has 0 radical (unpaired) electrons. The van der Waals surface area contributed by atoms with E-state index in [4.69, 9.17) is 5.11 Å². The molecule has 1 fully saturated rings. The summed E-state index contributed by atoms with van der Waals surface area (Å²) in [7, 11) is 0. The lowest BCUT2D eigenvalue weighted by Crippen LogP contribution is -2.22. The van der Waals surface area contributed by atoms with E-state index in [-0.39, 0.29) is 18.4 Å². The van der Waals surface area contributed by atoms with E-state index in [1.165, 1.54) is 0 Å². The zero-order chi connectivity index (χ0) is 13.7. The third-order valence-corrected chi connectivity index (χ3v) is 4.12. The van der Waals surface area contributed by atoms with Gasteiger partial charge in [-0.3, -0.25) is 4.79 Å². The number of aryl methyl sites for hydroxylation is 1. The quantitative estimate of drug-likeness (QED) is 0.812. The van der Waals surface area contributed by atoms with Crippen molar-refractivity contribution in [2.75, 3.05) is 23.4 Å². The molecule has 0 aromatic heterocycles. The van der Waals surface area contributed by atoms with Gasteiger partial charge in [0.2, 0.25) is 5.91 Å². The molecular weight excluding hydrogens is 258 g/mol. The molecule has 1 amide bonds. The van der Waals surface area contributed by atoms with E-state index in [2.05, 4.69) is 17.2 Å². The molecule has 1 aromatic carbocycles. The summed E-state index contributed by atoms with van der Waals surface area (Å²) >= 11 is 1.83. The van der Waals surface area contributed by atoms with Gasteiger partial charge in [0.1, 0.15) is 6.61 Å². The van der Waals surface area contributed by atoms with Gasteiger partial charge < -0.3 is 10.4 Å². The monoisotopic (exact) mass is 275 g/mol. The number of anilines is 1. The van der Waals surface area contributed by atoms with Crippen molar-refractivity contribution in [1.29, 1.82) is 0 Å². The second-order valence-corrected chi connectivity index (χ2v) is 5.75. The minimum absolute atomic E-state index is 0.0941. The molecule has 0 aliphatic carbocycles. The molecule has 2 N–H and O–H groups in total. The molecule has 0 saturated carbocycles. The van der Waals surface area contributed by atoms with Crippen LogP contribution in [0.15, 0.2) is 18.2 Å². The van der Waals surface area contributed by atoms with Crippen LogP contribution < -0.4 is 5.32 Å². The van der Waals surface area contributed by atoms with Crippen molar-refractivity contribution in [3.63, 3.8) is 0 Å². The average molecular weight is 275 g/mol. The van der Waals surface area contributed by atoms with Crippen LogP contribution in [-0.2, 0) is 4.79 Å². The molecule has 1 unspecified atom stereocenters. The maximum absolute atomic E-state index is 12.1. The van der Waals surface area contributed by atoms with E-state index in [0.717, 1.165) is 34.7 Å². The van der Waals surface area contributed by atoms with E-state index in [1.54, 1.807) is 0 Å². The van der Waals surface area contributed by atoms with Crippen LogP contribution in [0.2, 0.25) is 0 Å². The summed E-state index contributed by atoms with van der Waals surface area (Å²) in [5.74, 6) is 7.68. The molecule has 100 valence electrons. The predicted octanol–water partition coefficient (Wildman–Crippen LogP) is 2.03. The second kappa shape index (κ2) is 6.65. The SMILES string of the molecule is Cc1cc(C#CCO)cc(NC(=O)C2CCSC2)c1. The third kappa shape index (κ3) is 4.02. The fraction of sp³-hybridized carbons (Fsp3) is 0.400. The van der Waals surface area contributed by atoms with E-state index in [1.807, 2.05) is 36.9 Å². The van der Waals surface area contributed by atoms with Gasteiger partial charge in [-0.05, 0) is 42.9 Å². The van der Waals surface area contributed by atoms with Crippen molar-refractivity contribution in [3.05, 3.63) is 29.3 Å². The van der Waals surface area contributed by atoms with Crippen molar-refractivity contribution in [2.24, 2.45) is 5.92 Å². The number of nitrogens with one attached hydrogen (secondary N) is 1. The largest absolute Gasteiger partial charge is 0.384 e. The Morgan fingerprint density at radius 1 is 1.53 bits per heavy atom. The van der Waals surface area contributed by atoms with Gasteiger partial charge >= 0.3 is 0 Å². The fourth-order valence-corrected chi connectivity index (χ4v) is 3.28. The Morgan fingerprint density at radius 2 is 2.37 bits per heavy atom. The van der Waals surface area contributed by atoms with Crippen molar-refractivity contribution < 1.29 is 9.90 Å². The minimum Gasteiger partial charge on any atom is -0.384 e. The maximum Gasteiger partial charge on any atom is 0.228 e. The van der Waals surface area contributed by atoms with Gasteiger partial charge in [-0.15, -0.1) is 0 Å². The highest BCUT2D eigenvalue weighted by Crippen LogP contribution is 2.25. The first-order valence-corrected chi connectivity index (χ1v) is 7.44. The Bertz CT molecular complexity index is 525. The zero-order valence-corrected chi connectivity index (χ0v) is 11.7.